The van der Waals surface area contributed by atoms with Gasteiger partial charge in [0.15, 0.2) is 0 Å². The van der Waals surface area contributed by atoms with Crippen LogP contribution in [0, 0.1) is 13.8 Å². The molecule has 1 aromatic carbocycles. The van der Waals surface area contributed by atoms with E-state index in [0.29, 0.717) is 5.37 Å². The first kappa shape index (κ1) is 12.7. The van der Waals surface area contributed by atoms with Crippen molar-refractivity contribution in [3.8, 4) is 5.75 Å². The van der Waals surface area contributed by atoms with Crippen LogP contribution in [0.5, 0.6) is 5.75 Å². The molecule has 1 aliphatic rings. The standard InChI is InChI=1S/C13H19NO2S/c1-9-6-11(15-3)12(7-10(9)2)17-13-8-16-5-4-14-13/h6-7,13-14H,4-5,8H2,1-3H3. The minimum absolute atomic E-state index is 0.319. The third-order valence-corrected chi connectivity index (χ3v) is 4.10. The number of hydrogen-bond donors (Lipinski definition) is 1. The fourth-order valence-corrected chi connectivity index (χ4v) is 2.96. The largest absolute Gasteiger partial charge is 0.496 e. The number of benzene rings is 1. The molecule has 1 aliphatic heterocycles. The predicted octanol–water partition coefficient (Wildman–Crippen LogP) is 2.35. The molecule has 4 heteroatoms. The second-order valence-corrected chi connectivity index (χ2v) is 5.47. The molecular weight excluding hydrogens is 234 g/mol. The summed E-state index contributed by atoms with van der Waals surface area (Å²) in [6.07, 6.45) is 0. The van der Waals surface area contributed by atoms with Gasteiger partial charge >= 0.3 is 0 Å². The van der Waals surface area contributed by atoms with Gasteiger partial charge in [0.05, 0.1) is 30.6 Å². The normalized spacial score (nSPS) is 20.3. The first-order valence-electron chi connectivity index (χ1n) is 5.83. The molecule has 17 heavy (non-hydrogen) atoms. The van der Waals surface area contributed by atoms with Crippen LogP contribution in [0.2, 0.25) is 0 Å². The molecule has 1 fully saturated rings. The number of aryl methyl sites for hydroxylation is 2. The summed E-state index contributed by atoms with van der Waals surface area (Å²) in [5, 5.41) is 3.75. The SMILES string of the molecule is COc1cc(C)c(C)cc1SC1COCCN1. The Morgan fingerprint density at radius 2 is 2.12 bits per heavy atom. The van der Waals surface area contributed by atoms with Gasteiger partial charge in [-0.1, -0.05) is 0 Å². The van der Waals surface area contributed by atoms with Gasteiger partial charge in [-0.15, -0.1) is 11.8 Å². The summed E-state index contributed by atoms with van der Waals surface area (Å²) in [7, 11) is 1.72. The van der Waals surface area contributed by atoms with Crippen LogP contribution < -0.4 is 10.1 Å². The van der Waals surface area contributed by atoms with Crippen molar-refractivity contribution in [3.05, 3.63) is 23.3 Å². The molecule has 0 amide bonds. The Balaban J connectivity index is 2.15. The minimum atomic E-state index is 0.319. The molecule has 0 radical (unpaired) electrons. The highest BCUT2D eigenvalue weighted by Gasteiger charge is 2.17. The van der Waals surface area contributed by atoms with Crippen molar-refractivity contribution < 1.29 is 9.47 Å². The molecule has 1 heterocycles. The van der Waals surface area contributed by atoms with E-state index in [2.05, 4.69) is 31.3 Å². The van der Waals surface area contributed by atoms with Gasteiger partial charge in [-0.25, -0.2) is 0 Å². The van der Waals surface area contributed by atoms with Crippen LogP contribution in [0.25, 0.3) is 0 Å². The Morgan fingerprint density at radius 3 is 2.76 bits per heavy atom. The van der Waals surface area contributed by atoms with Crippen LogP contribution >= 0.6 is 11.8 Å². The summed E-state index contributed by atoms with van der Waals surface area (Å²) >= 11 is 1.78. The van der Waals surface area contributed by atoms with Crippen LogP contribution in [-0.4, -0.2) is 32.2 Å². The molecule has 0 saturated carbocycles. The van der Waals surface area contributed by atoms with Gasteiger partial charge in [0.1, 0.15) is 5.75 Å². The van der Waals surface area contributed by atoms with Gasteiger partial charge in [-0.3, -0.25) is 0 Å². The van der Waals surface area contributed by atoms with Gasteiger partial charge in [-0.2, -0.15) is 0 Å². The molecule has 0 bridgehead atoms. The van der Waals surface area contributed by atoms with E-state index in [9.17, 15) is 0 Å². The lowest BCUT2D eigenvalue weighted by Gasteiger charge is -2.24. The second-order valence-electron chi connectivity index (χ2n) is 4.22. The fourth-order valence-electron chi connectivity index (χ4n) is 1.79. The third kappa shape index (κ3) is 3.15. The average Bonchev–Trinajstić information content (AvgIpc) is 2.35. The zero-order chi connectivity index (χ0) is 12.3. The first-order chi connectivity index (χ1) is 8.20. The van der Waals surface area contributed by atoms with Crippen molar-refractivity contribution in [2.75, 3.05) is 26.9 Å². The van der Waals surface area contributed by atoms with E-state index in [1.54, 1.807) is 18.9 Å². The van der Waals surface area contributed by atoms with Gasteiger partial charge in [0.25, 0.3) is 0 Å². The number of rotatable bonds is 3. The molecule has 3 nitrogen and oxygen atoms in total. The molecule has 1 N–H and O–H groups in total. The lowest BCUT2D eigenvalue weighted by molar-refractivity contribution is 0.100. The maximum absolute atomic E-state index is 5.46. The Bertz CT molecular complexity index is 389. The molecule has 1 aromatic rings. The topological polar surface area (TPSA) is 30.5 Å². The summed E-state index contributed by atoms with van der Waals surface area (Å²) in [6.45, 7) is 6.71. The monoisotopic (exact) mass is 253 g/mol. The predicted molar refractivity (Wildman–Crippen MR) is 70.9 cm³/mol. The highest BCUT2D eigenvalue weighted by atomic mass is 32.2. The van der Waals surface area contributed by atoms with E-state index in [-0.39, 0.29) is 0 Å². The molecular formula is C13H19NO2S. The second kappa shape index (κ2) is 5.76. The minimum Gasteiger partial charge on any atom is -0.496 e. The van der Waals surface area contributed by atoms with Crippen molar-refractivity contribution in [1.82, 2.24) is 5.32 Å². The van der Waals surface area contributed by atoms with Crippen molar-refractivity contribution in [1.29, 1.82) is 0 Å². The van der Waals surface area contributed by atoms with Crippen LogP contribution in [0.1, 0.15) is 11.1 Å². The van der Waals surface area contributed by atoms with Crippen LogP contribution in [-0.2, 0) is 4.74 Å². The maximum atomic E-state index is 5.46. The fraction of sp³-hybridized carbons (Fsp3) is 0.538. The summed E-state index contributed by atoms with van der Waals surface area (Å²) < 4.78 is 10.9. The van der Waals surface area contributed by atoms with Crippen molar-refractivity contribution >= 4 is 11.8 Å². The summed E-state index contributed by atoms with van der Waals surface area (Å²) in [5.41, 5.74) is 2.56. The molecule has 1 unspecified atom stereocenters. The Labute approximate surface area is 107 Å². The summed E-state index contributed by atoms with van der Waals surface area (Å²) in [6, 6.07) is 4.29. The molecule has 94 valence electrons. The molecule has 1 saturated heterocycles. The number of ether oxygens (including phenoxy) is 2. The summed E-state index contributed by atoms with van der Waals surface area (Å²) in [5.74, 6) is 0.950. The molecule has 2 rings (SSSR count). The number of hydrogen-bond acceptors (Lipinski definition) is 4. The van der Waals surface area contributed by atoms with E-state index in [4.69, 9.17) is 9.47 Å². The van der Waals surface area contributed by atoms with Gasteiger partial charge in [-0.05, 0) is 37.1 Å². The first-order valence-corrected chi connectivity index (χ1v) is 6.71. The third-order valence-electron chi connectivity index (χ3n) is 2.94. The van der Waals surface area contributed by atoms with Crippen molar-refractivity contribution in [2.24, 2.45) is 0 Å². The zero-order valence-electron chi connectivity index (χ0n) is 10.6. The van der Waals surface area contributed by atoms with Gasteiger partial charge in [0.2, 0.25) is 0 Å². The molecule has 0 spiro atoms. The maximum Gasteiger partial charge on any atom is 0.132 e. The Hall–Kier alpha value is -0.710. The molecule has 1 atom stereocenters. The lowest BCUT2D eigenvalue weighted by Crippen LogP contribution is -2.38. The van der Waals surface area contributed by atoms with Gasteiger partial charge in [0, 0.05) is 6.54 Å². The van der Waals surface area contributed by atoms with E-state index < -0.39 is 0 Å². The number of methoxy groups -OCH3 is 1. The lowest BCUT2D eigenvalue weighted by atomic mass is 10.1. The van der Waals surface area contributed by atoms with E-state index >= 15 is 0 Å². The Morgan fingerprint density at radius 1 is 1.35 bits per heavy atom. The van der Waals surface area contributed by atoms with Crippen LogP contribution in [0.4, 0.5) is 0 Å². The highest BCUT2D eigenvalue weighted by molar-refractivity contribution is 8.00. The van der Waals surface area contributed by atoms with Crippen molar-refractivity contribution in [2.45, 2.75) is 24.1 Å². The van der Waals surface area contributed by atoms with Gasteiger partial charge < -0.3 is 14.8 Å². The quantitative estimate of drug-likeness (QED) is 0.896. The number of morpholine rings is 1. The molecule has 0 aromatic heterocycles. The van der Waals surface area contributed by atoms with Crippen LogP contribution in [0.3, 0.4) is 0 Å². The van der Waals surface area contributed by atoms with Crippen molar-refractivity contribution in [3.63, 3.8) is 0 Å². The average molecular weight is 253 g/mol. The molecule has 0 aliphatic carbocycles. The number of nitrogens with one attached hydrogen (secondary N) is 1. The number of thioether (sulfide) groups is 1. The van der Waals surface area contributed by atoms with E-state index in [1.165, 1.54) is 16.0 Å². The summed E-state index contributed by atoms with van der Waals surface area (Å²) in [4.78, 5) is 1.18. The van der Waals surface area contributed by atoms with E-state index in [1.807, 2.05) is 0 Å². The van der Waals surface area contributed by atoms with Crippen LogP contribution in [0.15, 0.2) is 17.0 Å². The Kier molecular flexibility index (Phi) is 4.31. The van der Waals surface area contributed by atoms with E-state index in [0.717, 1.165) is 25.5 Å². The highest BCUT2D eigenvalue weighted by Crippen LogP contribution is 2.34. The zero-order valence-corrected chi connectivity index (χ0v) is 11.4. The smallest absolute Gasteiger partial charge is 0.132 e.